The molecule has 0 saturated heterocycles. The van der Waals surface area contributed by atoms with Gasteiger partial charge in [-0.2, -0.15) is 0 Å². The van der Waals surface area contributed by atoms with Crippen molar-refractivity contribution in [1.82, 2.24) is 10.6 Å². The Bertz CT molecular complexity index is 479. The van der Waals surface area contributed by atoms with E-state index in [1.807, 2.05) is 12.1 Å². The Hall–Kier alpha value is -2.04. The van der Waals surface area contributed by atoms with Gasteiger partial charge in [-0.3, -0.25) is 9.59 Å². The summed E-state index contributed by atoms with van der Waals surface area (Å²) in [5.41, 5.74) is 7.15. The number of rotatable bonds is 5. The Morgan fingerprint density at radius 3 is 2.38 bits per heavy atom. The second-order valence-corrected chi connectivity index (χ2v) is 5.60. The largest absolute Gasteiger partial charge is 0.399 e. The summed E-state index contributed by atoms with van der Waals surface area (Å²) in [5, 5.41) is 5.63. The number of anilines is 1. The summed E-state index contributed by atoms with van der Waals surface area (Å²) in [7, 11) is 0. The van der Waals surface area contributed by atoms with Crippen LogP contribution >= 0.6 is 0 Å². The van der Waals surface area contributed by atoms with Crippen LogP contribution in [0.1, 0.15) is 37.7 Å². The highest BCUT2D eigenvalue weighted by atomic mass is 16.2. The van der Waals surface area contributed by atoms with Crippen molar-refractivity contribution in [2.24, 2.45) is 0 Å². The summed E-state index contributed by atoms with van der Waals surface area (Å²) >= 11 is 0. The average Bonchev–Trinajstić information content (AvgIpc) is 2.49. The molecular formula is C16H23N3O2. The Labute approximate surface area is 125 Å². The molecule has 0 unspecified atom stereocenters. The predicted octanol–water partition coefficient (Wildman–Crippen LogP) is 1.38. The van der Waals surface area contributed by atoms with Crippen LogP contribution in [0.15, 0.2) is 24.3 Å². The molecule has 2 amide bonds. The van der Waals surface area contributed by atoms with Gasteiger partial charge in [0.25, 0.3) is 0 Å². The van der Waals surface area contributed by atoms with Crippen molar-refractivity contribution >= 4 is 17.5 Å². The fourth-order valence-corrected chi connectivity index (χ4v) is 2.59. The zero-order valence-corrected chi connectivity index (χ0v) is 12.2. The number of amides is 2. The molecule has 2 rings (SSSR count). The Morgan fingerprint density at radius 2 is 1.71 bits per heavy atom. The lowest BCUT2D eigenvalue weighted by atomic mass is 9.95. The zero-order chi connectivity index (χ0) is 15.1. The molecule has 1 fully saturated rings. The van der Waals surface area contributed by atoms with Crippen molar-refractivity contribution in [3.63, 3.8) is 0 Å². The summed E-state index contributed by atoms with van der Waals surface area (Å²) in [6.07, 6.45) is 5.96. The standard InChI is InChI=1S/C16H23N3O2/c17-13-8-6-12(7-9-13)10-15(20)18-11-16(21)19-14-4-2-1-3-5-14/h6-9,14H,1-5,10-11,17H2,(H,18,20)(H,19,21). The van der Waals surface area contributed by atoms with Gasteiger partial charge in [-0.25, -0.2) is 0 Å². The van der Waals surface area contributed by atoms with Gasteiger partial charge in [-0.1, -0.05) is 31.4 Å². The van der Waals surface area contributed by atoms with E-state index >= 15 is 0 Å². The van der Waals surface area contributed by atoms with Crippen LogP contribution in [0.3, 0.4) is 0 Å². The van der Waals surface area contributed by atoms with Crippen LogP contribution in [0, 0.1) is 0 Å². The van der Waals surface area contributed by atoms with Crippen molar-refractivity contribution in [1.29, 1.82) is 0 Å². The van der Waals surface area contributed by atoms with E-state index in [1.54, 1.807) is 12.1 Å². The van der Waals surface area contributed by atoms with Gasteiger partial charge in [0.05, 0.1) is 13.0 Å². The number of nitrogens with two attached hydrogens (primary N) is 1. The molecule has 0 heterocycles. The zero-order valence-electron chi connectivity index (χ0n) is 12.2. The van der Waals surface area contributed by atoms with Gasteiger partial charge in [-0.15, -0.1) is 0 Å². The molecule has 1 aliphatic carbocycles. The minimum absolute atomic E-state index is 0.0459. The van der Waals surface area contributed by atoms with Crippen LogP contribution in [0.5, 0.6) is 0 Å². The first-order valence-electron chi connectivity index (χ1n) is 7.54. The molecule has 0 spiro atoms. The van der Waals surface area contributed by atoms with Gasteiger partial charge in [0.2, 0.25) is 11.8 Å². The summed E-state index contributed by atoms with van der Waals surface area (Å²) in [5.74, 6) is -0.258. The number of benzene rings is 1. The maximum atomic E-state index is 11.8. The summed E-state index contributed by atoms with van der Waals surface area (Å²) < 4.78 is 0. The number of nitrogens with one attached hydrogen (secondary N) is 2. The third-order valence-corrected chi connectivity index (χ3v) is 3.76. The molecule has 5 nitrogen and oxygen atoms in total. The molecule has 21 heavy (non-hydrogen) atoms. The SMILES string of the molecule is Nc1ccc(CC(=O)NCC(=O)NC2CCCCC2)cc1. The minimum atomic E-state index is -0.154. The molecular weight excluding hydrogens is 266 g/mol. The molecule has 0 bridgehead atoms. The first kappa shape index (κ1) is 15.4. The fraction of sp³-hybridized carbons (Fsp3) is 0.500. The minimum Gasteiger partial charge on any atom is -0.399 e. The van der Waals surface area contributed by atoms with E-state index in [2.05, 4.69) is 10.6 Å². The number of nitrogen functional groups attached to an aromatic ring is 1. The quantitative estimate of drug-likeness (QED) is 0.716. The second-order valence-electron chi connectivity index (χ2n) is 5.60. The van der Waals surface area contributed by atoms with Gasteiger partial charge in [0, 0.05) is 11.7 Å². The van der Waals surface area contributed by atoms with E-state index in [0.717, 1.165) is 18.4 Å². The van der Waals surface area contributed by atoms with E-state index in [0.29, 0.717) is 5.69 Å². The normalized spacial score (nSPS) is 15.4. The highest BCUT2D eigenvalue weighted by Gasteiger charge is 2.15. The topological polar surface area (TPSA) is 84.2 Å². The van der Waals surface area contributed by atoms with Gasteiger partial charge < -0.3 is 16.4 Å². The van der Waals surface area contributed by atoms with Gasteiger partial charge in [0.15, 0.2) is 0 Å². The molecule has 5 heteroatoms. The van der Waals surface area contributed by atoms with E-state index in [1.165, 1.54) is 19.3 Å². The maximum absolute atomic E-state index is 11.8. The lowest BCUT2D eigenvalue weighted by Crippen LogP contribution is -2.43. The lowest BCUT2D eigenvalue weighted by molar-refractivity contribution is -0.126. The van der Waals surface area contributed by atoms with Crippen LogP contribution < -0.4 is 16.4 Å². The summed E-state index contributed by atoms with van der Waals surface area (Å²) in [6, 6.07) is 7.44. The molecule has 114 valence electrons. The van der Waals surface area contributed by atoms with Crippen molar-refractivity contribution in [2.75, 3.05) is 12.3 Å². The molecule has 1 saturated carbocycles. The Kier molecular flexibility index (Phi) is 5.60. The summed E-state index contributed by atoms with van der Waals surface area (Å²) in [4.78, 5) is 23.5. The predicted molar refractivity (Wildman–Crippen MR) is 82.6 cm³/mol. The van der Waals surface area contributed by atoms with Crippen LogP contribution in [-0.4, -0.2) is 24.4 Å². The number of carbonyl (C=O) groups excluding carboxylic acids is 2. The number of hydrogen-bond acceptors (Lipinski definition) is 3. The van der Waals surface area contributed by atoms with Crippen LogP contribution in [0.4, 0.5) is 5.69 Å². The number of hydrogen-bond donors (Lipinski definition) is 3. The molecule has 1 aromatic rings. The van der Waals surface area contributed by atoms with Crippen molar-refractivity contribution in [3.05, 3.63) is 29.8 Å². The van der Waals surface area contributed by atoms with Gasteiger partial charge in [-0.05, 0) is 30.5 Å². The molecule has 1 aliphatic rings. The highest BCUT2D eigenvalue weighted by Crippen LogP contribution is 2.17. The van der Waals surface area contributed by atoms with Gasteiger partial charge >= 0.3 is 0 Å². The average molecular weight is 289 g/mol. The maximum Gasteiger partial charge on any atom is 0.239 e. The Balaban J connectivity index is 1.68. The van der Waals surface area contributed by atoms with E-state index in [-0.39, 0.29) is 30.8 Å². The smallest absolute Gasteiger partial charge is 0.239 e. The first-order valence-corrected chi connectivity index (χ1v) is 7.54. The molecule has 4 N–H and O–H groups in total. The highest BCUT2D eigenvalue weighted by molar-refractivity contribution is 5.85. The molecule has 0 atom stereocenters. The monoisotopic (exact) mass is 289 g/mol. The van der Waals surface area contributed by atoms with E-state index < -0.39 is 0 Å². The van der Waals surface area contributed by atoms with Crippen molar-refractivity contribution in [2.45, 2.75) is 44.6 Å². The fourth-order valence-electron chi connectivity index (χ4n) is 2.59. The Morgan fingerprint density at radius 1 is 1.05 bits per heavy atom. The van der Waals surface area contributed by atoms with Crippen LogP contribution in [0.2, 0.25) is 0 Å². The van der Waals surface area contributed by atoms with E-state index in [4.69, 9.17) is 5.73 Å². The lowest BCUT2D eigenvalue weighted by Gasteiger charge is -2.22. The van der Waals surface area contributed by atoms with Gasteiger partial charge in [0.1, 0.15) is 0 Å². The van der Waals surface area contributed by atoms with Crippen molar-refractivity contribution < 1.29 is 9.59 Å². The van der Waals surface area contributed by atoms with E-state index in [9.17, 15) is 9.59 Å². The van der Waals surface area contributed by atoms with Crippen LogP contribution in [-0.2, 0) is 16.0 Å². The molecule has 0 aliphatic heterocycles. The second kappa shape index (κ2) is 7.67. The third kappa shape index (κ3) is 5.45. The first-order chi connectivity index (χ1) is 10.1. The van der Waals surface area contributed by atoms with Crippen molar-refractivity contribution in [3.8, 4) is 0 Å². The summed E-state index contributed by atoms with van der Waals surface area (Å²) in [6.45, 7) is 0.0459. The molecule has 0 radical (unpaired) electrons. The third-order valence-electron chi connectivity index (χ3n) is 3.76. The number of carbonyl (C=O) groups is 2. The van der Waals surface area contributed by atoms with Crippen LogP contribution in [0.25, 0.3) is 0 Å². The molecule has 0 aromatic heterocycles. The molecule has 1 aromatic carbocycles.